The second-order valence-corrected chi connectivity index (χ2v) is 7.79. The summed E-state index contributed by atoms with van der Waals surface area (Å²) >= 11 is 0. The van der Waals surface area contributed by atoms with Crippen LogP contribution in [-0.2, 0) is 9.53 Å². The van der Waals surface area contributed by atoms with Crippen LogP contribution in [0.15, 0.2) is 43.0 Å². The first kappa shape index (κ1) is 16.8. The molecule has 3 aromatic heterocycles. The summed E-state index contributed by atoms with van der Waals surface area (Å²) in [5.74, 6) is 0.0105. The van der Waals surface area contributed by atoms with Gasteiger partial charge in [0.2, 0.25) is 5.88 Å². The van der Waals surface area contributed by atoms with Gasteiger partial charge in [-0.1, -0.05) is 0 Å². The van der Waals surface area contributed by atoms with Crippen molar-refractivity contribution >= 4 is 11.4 Å². The molecule has 9 heteroatoms. The lowest BCUT2D eigenvalue weighted by molar-refractivity contribution is -0.162. The number of halogens is 1. The highest BCUT2D eigenvalue weighted by molar-refractivity contribution is 5.89. The van der Waals surface area contributed by atoms with Crippen molar-refractivity contribution in [1.82, 2.24) is 24.5 Å². The van der Waals surface area contributed by atoms with Gasteiger partial charge in [0.15, 0.2) is 5.60 Å². The quantitative estimate of drug-likeness (QED) is 0.677. The van der Waals surface area contributed by atoms with Crippen molar-refractivity contribution in [3.05, 3.63) is 54.5 Å². The van der Waals surface area contributed by atoms with Crippen molar-refractivity contribution in [2.45, 2.75) is 49.7 Å². The first-order valence-electron chi connectivity index (χ1n) is 9.71. The number of carbonyl (C=O) groups is 1. The van der Waals surface area contributed by atoms with E-state index in [2.05, 4.69) is 15.1 Å². The Balaban J connectivity index is 1.20. The molecular formula is C20H18FN5O3. The molecule has 1 saturated carbocycles. The number of ether oxygens (including phenoxy) is 2. The van der Waals surface area contributed by atoms with Crippen molar-refractivity contribution in [1.29, 1.82) is 0 Å². The van der Waals surface area contributed by atoms with Crippen LogP contribution in [0.1, 0.15) is 37.4 Å². The van der Waals surface area contributed by atoms with E-state index in [9.17, 15) is 9.18 Å². The van der Waals surface area contributed by atoms with E-state index in [0.29, 0.717) is 37.3 Å². The van der Waals surface area contributed by atoms with Crippen molar-refractivity contribution in [3.63, 3.8) is 0 Å². The minimum absolute atomic E-state index is 0.0922. The Morgan fingerprint density at radius 2 is 2.10 bits per heavy atom. The maximum Gasteiger partial charge on any atom is 0.257 e. The summed E-state index contributed by atoms with van der Waals surface area (Å²) in [6, 6.07) is 6.30. The number of amides is 1. The predicted octanol–water partition coefficient (Wildman–Crippen LogP) is 2.26. The molecule has 29 heavy (non-hydrogen) atoms. The molecule has 3 fully saturated rings. The molecule has 6 rings (SSSR count). The summed E-state index contributed by atoms with van der Waals surface area (Å²) in [4.78, 5) is 23.3. The van der Waals surface area contributed by atoms with Crippen LogP contribution in [0.2, 0.25) is 0 Å². The number of hydrogen-bond acceptors (Lipinski definition) is 6. The van der Waals surface area contributed by atoms with E-state index in [0.717, 1.165) is 5.52 Å². The molecule has 0 bridgehead atoms. The Morgan fingerprint density at radius 1 is 1.21 bits per heavy atom. The van der Waals surface area contributed by atoms with Crippen molar-refractivity contribution in [2.24, 2.45) is 0 Å². The van der Waals surface area contributed by atoms with Crippen LogP contribution in [0.4, 0.5) is 4.39 Å². The zero-order chi connectivity index (χ0) is 19.6. The van der Waals surface area contributed by atoms with Crippen LogP contribution < -0.4 is 4.74 Å². The lowest BCUT2D eigenvalue weighted by atomic mass is 9.76. The van der Waals surface area contributed by atoms with Crippen LogP contribution in [0.25, 0.3) is 5.52 Å². The molecule has 5 heterocycles. The lowest BCUT2D eigenvalue weighted by Gasteiger charge is -2.41. The van der Waals surface area contributed by atoms with E-state index in [4.69, 9.17) is 9.47 Å². The summed E-state index contributed by atoms with van der Waals surface area (Å²) < 4.78 is 28.1. The van der Waals surface area contributed by atoms with Gasteiger partial charge < -0.3 is 14.4 Å². The number of fused-ring (bicyclic) bond motifs is 2. The van der Waals surface area contributed by atoms with E-state index in [1.54, 1.807) is 21.7 Å². The molecule has 148 valence electrons. The van der Waals surface area contributed by atoms with Gasteiger partial charge in [-0.05, 0) is 37.1 Å². The van der Waals surface area contributed by atoms with E-state index < -0.39 is 5.60 Å². The Bertz CT molecular complexity index is 1110. The molecule has 3 aliphatic rings. The van der Waals surface area contributed by atoms with Crippen LogP contribution in [0.5, 0.6) is 5.88 Å². The Hall–Kier alpha value is -3.07. The molecule has 0 aromatic carbocycles. The molecule has 0 N–H and O–H groups in total. The first-order chi connectivity index (χ1) is 14.1. The zero-order valence-corrected chi connectivity index (χ0v) is 15.4. The van der Waals surface area contributed by atoms with Crippen LogP contribution in [0, 0.1) is 5.82 Å². The average molecular weight is 395 g/mol. The van der Waals surface area contributed by atoms with Crippen molar-refractivity contribution in [3.8, 4) is 5.88 Å². The smallest absolute Gasteiger partial charge is 0.257 e. The minimum Gasteiger partial charge on any atom is -0.473 e. The molecule has 2 saturated heterocycles. The van der Waals surface area contributed by atoms with E-state index >= 15 is 0 Å². The summed E-state index contributed by atoms with van der Waals surface area (Å²) in [5, 5.41) is 4.12. The summed E-state index contributed by atoms with van der Waals surface area (Å²) in [6.45, 7) is 0. The molecule has 3 aromatic rings. The molecule has 2 aliphatic heterocycles. The highest BCUT2D eigenvalue weighted by atomic mass is 19.1. The SMILES string of the molecule is O=C1N2[C@@H](CC[C@H]2c2ncccc2F)OC12CC(Oc1ncnn3cccc13)C2. The fourth-order valence-electron chi connectivity index (χ4n) is 4.75. The summed E-state index contributed by atoms with van der Waals surface area (Å²) in [6.07, 6.45) is 6.55. The molecule has 1 amide bonds. The van der Waals surface area contributed by atoms with Crippen molar-refractivity contribution in [2.75, 3.05) is 0 Å². The minimum atomic E-state index is -0.884. The van der Waals surface area contributed by atoms with Gasteiger partial charge in [0.25, 0.3) is 5.91 Å². The van der Waals surface area contributed by atoms with Crippen LogP contribution in [0.3, 0.4) is 0 Å². The Kier molecular flexibility index (Phi) is 3.46. The van der Waals surface area contributed by atoms with Gasteiger partial charge in [-0.25, -0.2) is 8.91 Å². The second kappa shape index (κ2) is 5.96. The molecular weight excluding hydrogens is 377 g/mol. The molecule has 1 spiro atoms. The molecule has 1 aliphatic carbocycles. The zero-order valence-electron chi connectivity index (χ0n) is 15.4. The van der Waals surface area contributed by atoms with Gasteiger partial charge in [0.1, 0.15) is 30.0 Å². The van der Waals surface area contributed by atoms with Gasteiger partial charge in [0.05, 0.1) is 11.7 Å². The highest BCUT2D eigenvalue weighted by Crippen LogP contribution is 2.51. The summed E-state index contributed by atoms with van der Waals surface area (Å²) in [7, 11) is 0. The van der Waals surface area contributed by atoms with Gasteiger partial charge in [-0.15, -0.1) is 0 Å². The van der Waals surface area contributed by atoms with E-state index in [-0.39, 0.29) is 30.1 Å². The average Bonchev–Trinajstić information content (AvgIpc) is 3.38. The normalized spacial score (nSPS) is 30.7. The van der Waals surface area contributed by atoms with Gasteiger partial charge in [-0.2, -0.15) is 10.1 Å². The Labute approximate surface area is 165 Å². The number of carbonyl (C=O) groups excluding carboxylic acids is 1. The number of hydrogen-bond donors (Lipinski definition) is 0. The standard InChI is InChI=1S/C20H18FN5O3/c21-13-3-1-7-22-17(13)14-5-6-16-26(14)19(27)20(29-16)9-12(10-20)28-18-15-4-2-8-25(15)24-11-23-18/h1-4,7-8,11-12,14,16H,5-6,9-10H2/t12?,14-,16+,20?/m0/s1. The predicted molar refractivity (Wildman–Crippen MR) is 97.3 cm³/mol. The number of pyridine rings is 1. The third-order valence-electron chi connectivity index (χ3n) is 6.11. The fraction of sp³-hybridized carbons (Fsp3) is 0.400. The maximum atomic E-state index is 14.2. The largest absolute Gasteiger partial charge is 0.473 e. The van der Waals surface area contributed by atoms with Crippen molar-refractivity contribution < 1.29 is 18.7 Å². The monoisotopic (exact) mass is 395 g/mol. The summed E-state index contributed by atoms with van der Waals surface area (Å²) in [5.41, 5.74) is 0.205. The molecule has 2 atom stereocenters. The topological polar surface area (TPSA) is 81.9 Å². The number of rotatable bonds is 3. The first-order valence-corrected chi connectivity index (χ1v) is 9.71. The highest BCUT2D eigenvalue weighted by Gasteiger charge is 2.64. The second-order valence-electron chi connectivity index (χ2n) is 7.79. The molecule has 8 nitrogen and oxygen atoms in total. The molecule has 0 radical (unpaired) electrons. The fourth-order valence-corrected chi connectivity index (χ4v) is 4.75. The van der Waals surface area contributed by atoms with E-state index in [1.165, 1.54) is 12.4 Å². The lowest BCUT2D eigenvalue weighted by Crippen LogP contribution is -2.56. The van der Waals surface area contributed by atoms with Gasteiger partial charge >= 0.3 is 0 Å². The van der Waals surface area contributed by atoms with E-state index in [1.807, 2.05) is 18.3 Å². The van der Waals surface area contributed by atoms with Crippen LogP contribution >= 0.6 is 0 Å². The third-order valence-corrected chi connectivity index (χ3v) is 6.11. The van der Waals surface area contributed by atoms with Gasteiger partial charge in [0, 0.05) is 25.2 Å². The van der Waals surface area contributed by atoms with Crippen LogP contribution in [-0.4, -0.2) is 48.3 Å². The molecule has 0 unspecified atom stereocenters. The van der Waals surface area contributed by atoms with Gasteiger partial charge in [-0.3, -0.25) is 9.78 Å². The maximum absolute atomic E-state index is 14.2. The third kappa shape index (κ3) is 2.40. The Morgan fingerprint density at radius 3 is 2.97 bits per heavy atom. The number of aromatic nitrogens is 4. The number of nitrogens with zero attached hydrogens (tertiary/aromatic N) is 5.